The van der Waals surface area contributed by atoms with Crippen LogP contribution in [-0.2, 0) is 4.79 Å². The van der Waals surface area contributed by atoms with Crippen LogP contribution in [0.2, 0.25) is 5.02 Å². The van der Waals surface area contributed by atoms with Gasteiger partial charge in [-0.25, -0.2) is 9.78 Å². The molecule has 0 radical (unpaired) electrons. The number of methoxy groups -OCH3 is 2. The second kappa shape index (κ2) is 7.38. The van der Waals surface area contributed by atoms with Crippen LogP contribution in [0.25, 0.3) is 6.08 Å². The number of H-pyrrole nitrogens is 1. The van der Waals surface area contributed by atoms with Gasteiger partial charge < -0.3 is 14.6 Å². The Morgan fingerprint density at radius 2 is 2.13 bits per heavy atom. The van der Waals surface area contributed by atoms with Crippen LogP contribution in [0.15, 0.2) is 22.2 Å². The first-order valence-corrected chi connectivity index (χ1v) is 7.57. The van der Waals surface area contributed by atoms with Crippen molar-refractivity contribution in [1.82, 2.24) is 15.2 Å². The fourth-order valence-corrected chi connectivity index (χ4v) is 2.82. The molecule has 0 bridgehead atoms. The molecule has 9 heteroatoms. The number of halogens is 1. The van der Waals surface area contributed by atoms with E-state index in [1.807, 2.05) is 0 Å². The molecule has 0 saturated heterocycles. The SMILES string of the molecule is COc1cc(C=C(Sc2n[nH]c(C)n2)C(=O)O)cc(Cl)c1OC. The van der Waals surface area contributed by atoms with Gasteiger partial charge in [0.1, 0.15) is 10.7 Å². The third kappa shape index (κ3) is 4.17. The van der Waals surface area contributed by atoms with E-state index in [2.05, 4.69) is 15.2 Å². The maximum Gasteiger partial charge on any atom is 0.342 e. The van der Waals surface area contributed by atoms with E-state index in [0.29, 0.717) is 33.1 Å². The first-order valence-electron chi connectivity index (χ1n) is 6.38. The molecule has 1 aromatic heterocycles. The molecule has 0 unspecified atom stereocenters. The summed E-state index contributed by atoms with van der Waals surface area (Å²) in [5, 5.41) is 16.6. The Morgan fingerprint density at radius 3 is 2.65 bits per heavy atom. The highest BCUT2D eigenvalue weighted by Crippen LogP contribution is 2.37. The van der Waals surface area contributed by atoms with Gasteiger partial charge in [0.05, 0.1) is 19.2 Å². The third-order valence-electron chi connectivity index (χ3n) is 2.74. The smallest absolute Gasteiger partial charge is 0.342 e. The summed E-state index contributed by atoms with van der Waals surface area (Å²) in [7, 11) is 2.95. The number of aliphatic carboxylic acids is 1. The lowest BCUT2D eigenvalue weighted by molar-refractivity contribution is -0.131. The number of aromatic amines is 1. The normalized spacial score (nSPS) is 11.4. The standard InChI is InChI=1S/C14H14ClN3O4S/c1-7-16-14(18-17-7)23-11(13(19)20)6-8-4-9(15)12(22-3)10(5-8)21-2/h4-6H,1-3H3,(H,19,20)(H,16,17,18). The van der Waals surface area contributed by atoms with Crippen LogP contribution >= 0.6 is 23.4 Å². The molecule has 1 aromatic carbocycles. The molecule has 0 saturated carbocycles. The van der Waals surface area contributed by atoms with Crippen molar-refractivity contribution in [2.24, 2.45) is 0 Å². The first kappa shape index (κ1) is 17.2. The molecule has 0 spiro atoms. The average Bonchev–Trinajstić information content (AvgIpc) is 2.91. The van der Waals surface area contributed by atoms with Gasteiger partial charge in [0, 0.05) is 0 Å². The zero-order valence-electron chi connectivity index (χ0n) is 12.6. The molecule has 1 heterocycles. The highest BCUT2D eigenvalue weighted by molar-refractivity contribution is 8.04. The summed E-state index contributed by atoms with van der Waals surface area (Å²) in [5.74, 6) is 0.310. The molecule has 0 amide bonds. The molecule has 7 nitrogen and oxygen atoms in total. The topological polar surface area (TPSA) is 97.3 Å². The fraction of sp³-hybridized carbons (Fsp3) is 0.214. The van der Waals surface area contributed by atoms with Crippen LogP contribution in [0, 0.1) is 6.92 Å². The molecular formula is C14H14ClN3O4S. The van der Waals surface area contributed by atoms with Crippen LogP contribution in [0.4, 0.5) is 0 Å². The Bertz CT molecular complexity index is 760. The molecule has 0 fully saturated rings. The summed E-state index contributed by atoms with van der Waals surface area (Å²) < 4.78 is 10.3. The summed E-state index contributed by atoms with van der Waals surface area (Å²) in [6.45, 7) is 1.73. The molecule has 0 aliphatic rings. The summed E-state index contributed by atoms with van der Waals surface area (Å²) in [6, 6.07) is 3.23. The van der Waals surface area contributed by atoms with Crippen LogP contribution in [0.3, 0.4) is 0 Å². The summed E-state index contributed by atoms with van der Waals surface area (Å²) in [4.78, 5) is 15.6. The van der Waals surface area contributed by atoms with Crippen molar-refractivity contribution in [2.75, 3.05) is 14.2 Å². The Morgan fingerprint density at radius 1 is 1.39 bits per heavy atom. The number of thioether (sulfide) groups is 1. The number of ether oxygens (including phenoxy) is 2. The van der Waals surface area contributed by atoms with Crippen molar-refractivity contribution in [3.8, 4) is 11.5 Å². The highest BCUT2D eigenvalue weighted by atomic mass is 35.5. The van der Waals surface area contributed by atoms with Gasteiger partial charge in [-0.3, -0.25) is 5.10 Å². The number of aromatic nitrogens is 3. The van der Waals surface area contributed by atoms with Gasteiger partial charge in [-0.15, -0.1) is 5.10 Å². The number of benzene rings is 1. The van der Waals surface area contributed by atoms with E-state index in [4.69, 9.17) is 21.1 Å². The summed E-state index contributed by atoms with van der Waals surface area (Å²) >= 11 is 7.06. The van der Waals surface area contributed by atoms with Crippen LogP contribution < -0.4 is 9.47 Å². The minimum Gasteiger partial charge on any atom is -0.493 e. The van der Waals surface area contributed by atoms with Crippen molar-refractivity contribution in [2.45, 2.75) is 12.1 Å². The molecule has 2 aromatic rings. The first-order chi connectivity index (χ1) is 10.9. The van der Waals surface area contributed by atoms with Gasteiger partial charge in [-0.05, 0) is 42.5 Å². The molecule has 0 aliphatic heterocycles. The highest BCUT2D eigenvalue weighted by Gasteiger charge is 2.15. The zero-order chi connectivity index (χ0) is 17.0. The Balaban J connectivity index is 2.39. The second-order valence-corrected chi connectivity index (χ2v) is 5.77. The van der Waals surface area contributed by atoms with Gasteiger partial charge in [0.2, 0.25) is 5.16 Å². The molecular weight excluding hydrogens is 342 g/mol. The van der Waals surface area contributed by atoms with E-state index >= 15 is 0 Å². The quantitative estimate of drug-likeness (QED) is 0.607. The maximum atomic E-state index is 11.4. The van der Waals surface area contributed by atoms with E-state index in [9.17, 15) is 9.90 Å². The van der Waals surface area contributed by atoms with E-state index in [-0.39, 0.29) is 4.91 Å². The lowest BCUT2D eigenvalue weighted by Crippen LogP contribution is -1.98. The number of carboxylic acid groups (broad SMARTS) is 1. The third-order valence-corrected chi connectivity index (χ3v) is 3.90. The van der Waals surface area contributed by atoms with Crippen LogP contribution in [0.1, 0.15) is 11.4 Å². The van der Waals surface area contributed by atoms with Crippen molar-refractivity contribution in [1.29, 1.82) is 0 Å². The number of nitrogens with one attached hydrogen (secondary N) is 1. The minimum atomic E-state index is -1.09. The fourth-order valence-electron chi connectivity index (χ4n) is 1.77. The molecule has 2 rings (SSSR count). The predicted octanol–water partition coefficient (Wildman–Crippen LogP) is 3.00. The molecule has 122 valence electrons. The van der Waals surface area contributed by atoms with E-state index in [0.717, 1.165) is 11.8 Å². The van der Waals surface area contributed by atoms with Crippen LogP contribution in [-0.4, -0.2) is 40.5 Å². The predicted molar refractivity (Wildman–Crippen MR) is 87.1 cm³/mol. The van der Waals surface area contributed by atoms with E-state index in [1.54, 1.807) is 19.1 Å². The van der Waals surface area contributed by atoms with Gasteiger partial charge in [-0.2, -0.15) is 0 Å². The monoisotopic (exact) mass is 355 g/mol. The minimum absolute atomic E-state index is 0.0484. The lowest BCUT2D eigenvalue weighted by Gasteiger charge is -2.10. The Kier molecular flexibility index (Phi) is 5.51. The van der Waals surface area contributed by atoms with Gasteiger partial charge >= 0.3 is 5.97 Å². The average molecular weight is 356 g/mol. The number of rotatable bonds is 6. The largest absolute Gasteiger partial charge is 0.493 e. The van der Waals surface area contributed by atoms with Gasteiger partial charge in [0.15, 0.2) is 11.5 Å². The second-order valence-electron chi connectivity index (χ2n) is 4.36. The number of hydrogen-bond acceptors (Lipinski definition) is 6. The van der Waals surface area contributed by atoms with Crippen molar-refractivity contribution >= 4 is 35.4 Å². The van der Waals surface area contributed by atoms with Crippen molar-refractivity contribution < 1.29 is 19.4 Å². The summed E-state index contributed by atoms with van der Waals surface area (Å²) in [6.07, 6.45) is 1.46. The van der Waals surface area contributed by atoms with Crippen LogP contribution in [0.5, 0.6) is 11.5 Å². The van der Waals surface area contributed by atoms with E-state index < -0.39 is 5.97 Å². The van der Waals surface area contributed by atoms with Gasteiger partial charge in [0.25, 0.3) is 0 Å². The van der Waals surface area contributed by atoms with Gasteiger partial charge in [-0.1, -0.05) is 11.6 Å². The Labute approximate surface area is 141 Å². The number of hydrogen-bond donors (Lipinski definition) is 2. The summed E-state index contributed by atoms with van der Waals surface area (Å²) in [5.41, 5.74) is 0.560. The molecule has 23 heavy (non-hydrogen) atoms. The maximum absolute atomic E-state index is 11.4. The number of nitrogens with zero attached hydrogens (tertiary/aromatic N) is 2. The number of carboxylic acids is 1. The van der Waals surface area contributed by atoms with E-state index in [1.165, 1.54) is 20.3 Å². The molecule has 0 aliphatic carbocycles. The zero-order valence-corrected chi connectivity index (χ0v) is 14.2. The molecule has 0 atom stereocenters. The Hall–Kier alpha value is -2.19. The molecule has 2 N–H and O–H groups in total. The number of aryl methyl sites for hydroxylation is 1. The van der Waals surface area contributed by atoms with Crippen molar-refractivity contribution in [3.63, 3.8) is 0 Å². The lowest BCUT2D eigenvalue weighted by atomic mass is 10.2. The van der Waals surface area contributed by atoms with Crippen molar-refractivity contribution in [3.05, 3.63) is 33.4 Å². The number of carbonyl (C=O) groups is 1.